The zero-order valence-corrected chi connectivity index (χ0v) is 17.5. The lowest BCUT2D eigenvalue weighted by Crippen LogP contribution is -2.48. The van der Waals surface area contributed by atoms with Crippen molar-refractivity contribution in [3.05, 3.63) is 59.2 Å². The first kappa shape index (κ1) is 22.6. The normalized spacial score (nSPS) is 12.3. The Bertz CT molecular complexity index is 996. The number of hydrogen-bond acceptors (Lipinski definition) is 4. The topological polar surface area (TPSA) is 75.7 Å². The molecule has 0 saturated heterocycles. The SMILES string of the molecule is Cc1ccc(C)c(OCCNC(=O)[C@H](C)N(c2ccc(F)c(F)c2)S(C)(=O)=O)c1. The summed E-state index contributed by atoms with van der Waals surface area (Å²) in [5, 5.41) is 2.60. The maximum absolute atomic E-state index is 13.5. The van der Waals surface area contributed by atoms with Gasteiger partial charge < -0.3 is 10.1 Å². The average molecular weight is 426 g/mol. The Morgan fingerprint density at radius 1 is 1.14 bits per heavy atom. The minimum absolute atomic E-state index is 0.138. The van der Waals surface area contributed by atoms with E-state index in [1.165, 1.54) is 6.92 Å². The van der Waals surface area contributed by atoms with Gasteiger partial charge in [-0.2, -0.15) is 0 Å². The number of nitrogens with one attached hydrogen (secondary N) is 1. The lowest BCUT2D eigenvalue weighted by molar-refractivity contribution is -0.121. The van der Waals surface area contributed by atoms with Crippen molar-refractivity contribution in [1.82, 2.24) is 5.32 Å². The Hall–Kier alpha value is -2.68. The average Bonchev–Trinajstić information content (AvgIpc) is 2.63. The number of amides is 1. The van der Waals surface area contributed by atoms with Gasteiger partial charge in [-0.15, -0.1) is 0 Å². The van der Waals surface area contributed by atoms with Crippen LogP contribution in [0.2, 0.25) is 0 Å². The van der Waals surface area contributed by atoms with Gasteiger partial charge in [-0.05, 0) is 50.1 Å². The van der Waals surface area contributed by atoms with Crippen LogP contribution in [0.25, 0.3) is 0 Å². The molecule has 0 unspecified atom stereocenters. The van der Waals surface area contributed by atoms with E-state index in [-0.39, 0.29) is 18.8 Å². The highest BCUT2D eigenvalue weighted by atomic mass is 32.2. The molecule has 158 valence electrons. The summed E-state index contributed by atoms with van der Waals surface area (Å²) in [6.45, 7) is 5.54. The van der Waals surface area contributed by atoms with Crippen LogP contribution in [0.3, 0.4) is 0 Å². The van der Waals surface area contributed by atoms with Gasteiger partial charge in [0, 0.05) is 6.07 Å². The van der Waals surface area contributed by atoms with Crippen molar-refractivity contribution < 1.29 is 26.7 Å². The highest BCUT2D eigenvalue weighted by Gasteiger charge is 2.29. The Morgan fingerprint density at radius 3 is 2.45 bits per heavy atom. The van der Waals surface area contributed by atoms with Crippen LogP contribution in [-0.4, -0.2) is 39.8 Å². The molecule has 29 heavy (non-hydrogen) atoms. The van der Waals surface area contributed by atoms with Gasteiger partial charge in [0.05, 0.1) is 18.5 Å². The number of carbonyl (C=O) groups excluding carboxylic acids is 1. The molecule has 0 aliphatic heterocycles. The van der Waals surface area contributed by atoms with E-state index in [2.05, 4.69) is 5.32 Å². The number of aryl methyl sites for hydroxylation is 2. The molecule has 0 saturated carbocycles. The van der Waals surface area contributed by atoms with Gasteiger partial charge >= 0.3 is 0 Å². The van der Waals surface area contributed by atoms with Crippen molar-refractivity contribution in [2.75, 3.05) is 23.7 Å². The fraction of sp³-hybridized carbons (Fsp3) is 0.350. The van der Waals surface area contributed by atoms with E-state index >= 15 is 0 Å². The molecule has 0 aliphatic rings. The van der Waals surface area contributed by atoms with Gasteiger partial charge in [-0.25, -0.2) is 17.2 Å². The molecule has 0 radical (unpaired) electrons. The number of sulfonamides is 1. The molecule has 0 bridgehead atoms. The van der Waals surface area contributed by atoms with Crippen LogP contribution in [0, 0.1) is 25.5 Å². The van der Waals surface area contributed by atoms with E-state index in [0.717, 1.165) is 39.9 Å². The number of nitrogens with zero attached hydrogens (tertiary/aromatic N) is 1. The second kappa shape index (κ2) is 9.21. The number of hydrogen-bond donors (Lipinski definition) is 1. The predicted molar refractivity (Wildman–Crippen MR) is 108 cm³/mol. The molecule has 0 aromatic heterocycles. The zero-order chi connectivity index (χ0) is 21.8. The summed E-state index contributed by atoms with van der Waals surface area (Å²) in [6, 6.07) is 7.26. The second-order valence-corrected chi connectivity index (χ2v) is 8.60. The fourth-order valence-corrected chi connectivity index (χ4v) is 3.94. The summed E-state index contributed by atoms with van der Waals surface area (Å²) in [7, 11) is -3.92. The first-order valence-electron chi connectivity index (χ1n) is 8.93. The van der Waals surface area contributed by atoms with Crippen LogP contribution in [0.4, 0.5) is 14.5 Å². The van der Waals surface area contributed by atoms with E-state index < -0.39 is 33.6 Å². The van der Waals surface area contributed by atoms with Crippen molar-refractivity contribution in [2.24, 2.45) is 0 Å². The number of anilines is 1. The first-order chi connectivity index (χ1) is 13.5. The van der Waals surface area contributed by atoms with Gasteiger partial charge in [0.1, 0.15) is 18.4 Å². The summed E-state index contributed by atoms with van der Waals surface area (Å²) in [4.78, 5) is 12.4. The highest BCUT2D eigenvalue weighted by molar-refractivity contribution is 7.92. The highest BCUT2D eigenvalue weighted by Crippen LogP contribution is 2.23. The molecule has 0 fully saturated rings. The van der Waals surface area contributed by atoms with Gasteiger partial charge in [0.25, 0.3) is 0 Å². The fourth-order valence-electron chi connectivity index (χ4n) is 2.78. The molecule has 9 heteroatoms. The lowest BCUT2D eigenvalue weighted by atomic mass is 10.1. The minimum atomic E-state index is -3.92. The quantitative estimate of drug-likeness (QED) is 0.659. The number of benzene rings is 2. The van der Waals surface area contributed by atoms with Gasteiger partial charge in [0.2, 0.25) is 15.9 Å². The molecule has 2 rings (SSSR count). The molecule has 1 amide bonds. The molecule has 2 aromatic carbocycles. The molecule has 0 spiro atoms. The Kier molecular flexibility index (Phi) is 7.18. The van der Waals surface area contributed by atoms with Crippen molar-refractivity contribution in [3.8, 4) is 5.75 Å². The van der Waals surface area contributed by atoms with Crippen molar-refractivity contribution in [2.45, 2.75) is 26.8 Å². The molecule has 1 atom stereocenters. The van der Waals surface area contributed by atoms with Gasteiger partial charge in [-0.1, -0.05) is 12.1 Å². The summed E-state index contributed by atoms with van der Waals surface area (Å²) in [6.07, 6.45) is 0.891. The molecule has 0 heterocycles. The van der Waals surface area contributed by atoms with Crippen molar-refractivity contribution in [1.29, 1.82) is 0 Å². The molecular weight excluding hydrogens is 402 g/mol. The molecular formula is C20H24F2N2O4S. The van der Waals surface area contributed by atoms with Gasteiger partial charge in [0.15, 0.2) is 11.6 Å². The largest absolute Gasteiger partial charge is 0.491 e. The van der Waals surface area contributed by atoms with Gasteiger partial charge in [-0.3, -0.25) is 9.10 Å². The van der Waals surface area contributed by atoms with Crippen LogP contribution in [-0.2, 0) is 14.8 Å². The zero-order valence-electron chi connectivity index (χ0n) is 16.7. The third kappa shape index (κ3) is 5.90. The Morgan fingerprint density at radius 2 is 1.83 bits per heavy atom. The van der Waals surface area contributed by atoms with Crippen LogP contribution in [0.5, 0.6) is 5.75 Å². The maximum Gasteiger partial charge on any atom is 0.243 e. The van der Waals surface area contributed by atoms with E-state index in [9.17, 15) is 22.0 Å². The van der Waals surface area contributed by atoms with E-state index in [0.29, 0.717) is 5.75 Å². The number of ether oxygens (including phenoxy) is 1. The number of halogens is 2. The Balaban J connectivity index is 2.03. The third-order valence-corrected chi connectivity index (χ3v) is 5.49. The molecule has 0 aliphatic carbocycles. The van der Waals surface area contributed by atoms with E-state index in [1.807, 2.05) is 32.0 Å². The maximum atomic E-state index is 13.5. The minimum Gasteiger partial charge on any atom is -0.491 e. The first-order valence-corrected chi connectivity index (χ1v) is 10.8. The number of rotatable bonds is 8. The molecule has 2 aromatic rings. The van der Waals surface area contributed by atoms with E-state index in [1.54, 1.807) is 0 Å². The summed E-state index contributed by atoms with van der Waals surface area (Å²) < 4.78 is 57.5. The lowest BCUT2D eigenvalue weighted by Gasteiger charge is -2.28. The summed E-state index contributed by atoms with van der Waals surface area (Å²) >= 11 is 0. The predicted octanol–water partition coefficient (Wildman–Crippen LogP) is 2.93. The number of carbonyl (C=O) groups is 1. The monoisotopic (exact) mass is 426 g/mol. The van der Waals surface area contributed by atoms with Crippen LogP contribution in [0.1, 0.15) is 18.1 Å². The molecule has 6 nitrogen and oxygen atoms in total. The van der Waals surface area contributed by atoms with Crippen LogP contribution in [0.15, 0.2) is 36.4 Å². The van der Waals surface area contributed by atoms with Crippen LogP contribution < -0.4 is 14.4 Å². The smallest absolute Gasteiger partial charge is 0.243 e. The van der Waals surface area contributed by atoms with Crippen molar-refractivity contribution in [3.63, 3.8) is 0 Å². The summed E-state index contributed by atoms with van der Waals surface area (Å²) in [5.41, 5.74) is 1.86. The molecule has 1 N–H and O–H groups in total. The second-order valence-electron chi connectivity index (χ2n) is 6.74. The van der Waals surface area contributed by atoms with Crippen molar-refractivity contribution >= 4 is 21.6 Å². The summed E-state index contributed by atoms with van der Waals surface area (Å²) in [5.74, 6) is -2.20. The van der Waals surface area contributed by atoms with Crippen LogP contribution >= 0.6 is 0 Å². The Labute approximate surface area is 169 Å². The standard InChI is InChI=1S/C20H24F2N2O4S/c1-13-5-6-14(2)19(11-13)28-10-9-23-20(25)15(3)24(29(4,26)27)16-7-8-17(21)18(22)12-16/h5-8,11-12,15H,9-10H2,1-4H3,(H,23,25)/t15-/m0/s1. The third-order valence-electron chi connectivity index (χ3n) is 4.25. The van der Waals surface area contributed by atoms with E-state index in [4.69, 9.17) is 4.74 Å².